The van der Waals surface area contributed by atoms with E-state index in [0.717, 1.165) is 32.4 Å². The molecule has 1 unspecified atom stereocenters. The van der Waals surface area contributed by atoms with Crippen molar-refractivity contribution in [2.24, 2.45) is 5.92 Å². The number of carboxylic acid groups (broad SMARTS) is 1. The van der Waals surface area contributed by atoms with Crippen LogP contribution in [0.1, 0.15) is 30.9 Å². The van der Waals surface area contributed by atoms with Gasteiger partial charge in [0.15, 0.2) is 0 Å². The molecule has 1 N–H and O–H groups in total. The molecule has 1 aromatic rings. The van der Waals surface area contributed by atoms with E-state index in [0.29, 0.717) is 5.92 Å². The number of carbonyl (C=O) groups is 1. The third kappa shape index (κ3) is 1.74. The van der Waals surface area contributed by atoms with Crippen LogP contribution in [-0.4, -0.2) is 28.1 Å². The number of benzene rings is 1. The van der Waals surface area contributed by atoms with Crippen molar-refractivity contribution >= 4 is 5.97 Å². The lowest BCUT2D eigenvalue weighted by Gasteiger charge is -2.41. The highest BCUT2D eigenvalue weighted by atomic mass is 16.4. The first-order valence-electron chi connectivity index (χ1n) is 6.67. The molecule has 1 atom stereocenters. The largest absolute Gasteiger partial charge is 0.480 e. The predicted molar refractivity (Wildman–Crippen MR) is 69.3 cm³/mol. The summed E-state index contributed by atoms with van der Waals surface area (Å²) in [6.07, 6.45) is 3.08. The Hall–Kier alpha value is -1.35. The topological polar surface area (TPSA) is 40.5 Å². The first kappa shape index (κ1) is 11.7. The minimum absolute atomic E-state index is 0.334. The lowest BCUT2D eigenvalue weighted by molar-refractivity contribution is -0.153. The maximum Gasteiger partial charge on any atom is 0.324 e. The molecule has 0 radical (unpaired) electrons. The monoisotopic (exact) mass is 245 g/mol. The van der Waals surface area contributed by atoms with Crippen molar-refractivity contribution in [3.8, 4) is 0 Å². The van der Waals surface area contributed by atoms with Crippen LogP contribution in [0.5, 0.6) is 0 Å². The van der Waals surface area contributed by atoms with Gasteiger partial charge in [0.1, 0.15) is 5.54 Å². The summed E-state index contributed by atoms with van der Waals surface area (Å²) in [5.41, 5.74) is 1.99. The van der Waals surface area contributed by atoms with E-state index in [1.54, 1.807) is 0 Å². The fourth-order valence-electron chi connectivity index (χ4n) is 3.11. The van der Waals surface area contributed by atoms with Gasteiger partial charge in [0, 0.05) is 13.1 Å². The van der Waals surface area contributed by atoms with Crippen LogP contribution < -0.4 is 0 Å². The van der Waals surface area contributed by atoms with Crippen molar-refractivity contribution in [3.63, 3.8) is 0 Å². The van der Waals surface area contributed by atoms with Gasteiger partial charge in [0.05, 0.1) is 0 Å². The van der Waals surface area contributed by atoms with Crippen LogP contribution in [0.2, 0.25) is 0 Å². The second-order valence-electron chi connectivity index (χ2n) is 5.67. The average molecular weight is 245 g/mol. The van der Waals surface area contributed by atoms with Crippen LogP contribution in [-0.2, 0) is 17.8 Å². The Labute approximate surface area is 107 Å². The van der Waals surface area contributed by atoms with Crippen molar-refractivity contribution in [2.45, 2.75) is 38.3 Å². The second-order valence-corrected chi connectivity index (χ2v) is 5.67. The lowest BCUT2D eigenvalue weighted by atomic mass is 9.89. The van der Waals surface area contributed by atoms with Crippen LogP contribution in [0, 0.1) is 5.92 Å². The van der Waals surface area contributed by atoms with E-state index in [1.165, 1.54) is 11.1 Å². The Morgan fingerprint density at radius 1 is 1.33 bits per heavy atom. The van der Waals surface area contributed by atoms with Crippen LogP contribution in [0.3, 0.4) is 0 Å². The SMILES string of the molecule is CC(C(=O)O)(C1CC1)N1CCc2ccccc2C1. The minimum atomic E-state index is -0.673. The summed E-state index contributed by atoms with van der Waals surface area (Å²) < 4.78 is 0. The van der Waals surface area contributed by atoms with E-state index < -0.39 is 11.5 Å². The standard InChI is InChI=1S/C15H19NO2/c1-15(14(17)18,13-6-7-13)16-9-8-11-4-2-3-5-12(11)10-16/h2-5,13H,6-10H2,1H3,(H,17,18). The van der Waals surface area contributed by atoms with E-state index in [1.807, 2.05) is 13.0 Å². The zero-order chi connectivity index (χ0) is 12.8. The van der Waals surface area contributed by atoms with Crippen LogP contribution in [0.15, 0.2) is 24.3 Å². The molecule has 1 heterocycles. The first-order chi connectivity index (χ1) is 8.62. The van der Waals surface area contributed by atoms with Gasteiger partial charge in [-0.1, -0.05) is 24.3 Å². The van der Waals surface area contributed by atoms with Gasteiger partial charge >= 0.3 is 5.97 Å². The highest BCUT2D eigenvalue weighted by Gasteiger charge is 2.51. The van der Waals surface area contributed by atoms with Crippen LogP contribution in [0.4, 0.5) is 0 Å². The molecule has 96 valence electrons. The highest BCUT2D eigenvalue weighted by Crippen LogP contribution is 2.44. The van der Waals surface area contributed by atoms with Gasteiger partial charge in [-0.3, -0.25) is 9.69 Å². The number of nitrogens with zero attached hydrogens (tertiary/aromatic N) is 1. The van der Waals surface area contributed by atoms with Crippen molar-refractivity contribution in [1.82, 2.24) is 4.90 Å². The molecular weight excluding hydrogens is 226 g/mol. The molecule has 1 aliphatic carbocycles. The third-order valence-corrected chi connectivity index (χ3v) is 4.59. The molecule has 3 nitrogen and oxygen atoms in total. The molecule has 0 saturated heterocycles. The molecule has 2 aliphatic rings. The average Bonchev–Trinajstić information content (AvgIpc) is 3.21. The second kappa shape index (κ2) is 4.09. The first-order valence-corrected chi connectivity index (χ1v) is 6.67. The summed E-state index contributed by atoms with van der Waals surface area (Å²) in [5, 5.41) is 9.60. The number of hydrogen-bond acceptors (Lipinski definition) is 2. The van der Waals surface area contributed by atoms with Crippen molar-refractivity contribution < 1.29 is 9.90 Å². The molecule has 0 bridgehead atoms. The van der Waals surface area contributed by atoms with E-state index in [2.05, 4.69) is 23.1 Å². The lowest BCUT2D eigenvalue weighted by Crippen LogP contribution is -2.55. The molecule has 1 aromatic carbocycles. The summed E-state index contributed by atoms with van der Waals surface area (Å²) in [6, 6.07) is 8.38. The quantitative estimate of drug-likeness (QED) is 0.888. The zero-order valence-electron chi connectivity index (χ0n) is 10.7. The summed E-state index contributed by atoms with van der Waals surface area (Å²) in [4.78, 5) is 13.8. The fraction of sp³-hybridized carbons (Fsp3) is 0.533. The number of hydrogen-bond donors (Lipinski definition) is 1. The van der Waals surface area contributed by atoms with Crippen molar-refractivity contribution in [1.29, 1.82) is 0 Å². The maximum absolute atomic E-state index is 11.7. The summed E-state index contributed by atoms with van der Waals surface area (Å²) in [6.45, 7) is 3.53. The van der Waals surface area contributed by atoms with Gasteiger partial charge < -0.3 is 5.11 Å². The zero-order valence-corrected chi connectivity index (χ0v) is 10.7. The van der Waals surface area contributed by atoms with E-state index >= 15 is 0 Å². The number of aliphatic carboxylic acids is 1. The van der Waals surface area contributed by atoms with Crippen molar-refractivity contribution in [3.05, 3.63) is 35.4 Å². The van der Waals surface area contributed by atoms with Crippen molar-refractivity contribution in [2.75, 3.05) is 6.54 Å². The van der Waals surface area contributed by atoms with E-state index in [-0.39, 0.29) is 0 Å². The van der Waals surface area contributed by atoms with E-state index in [9.17, 15) is 9.90 Å². The Kier molecular flexibility index (Phi) is 2.67. The molecule has 0 aromatic heterocycles. The smallest absolute Gasteiger partial charge is 0.324 e. The Balaban J connectivity index is 1.88. The van der Waals surface area contributed by atoms with Crippen LogP contribution >= 0.6 is 0 Å². The molecule has 0 amide bonds. The van der Waals surface area contributed by atoms with Gasteiger partial charge in [-0.25, -0.2) is 0 Å². The molecule has 3 rings (SSSR count). The van der Waals surface area contributed by atoms with E-state index in [4.69, 9.17) is 0 Å². The Morgan fingerprint density at radius 3 is 2.61 bits per heavy atom. The highest BCUT2D eigenvalue weighted by molar-refractivity contribution is 5.79. The van der Waals surface area contributed by atoms with Gasteiger partial charge in [0.25, 0.3) is 0 Å². The third-order valence-electron chi connectivity index (χ3n) is 4.59. The van der Waals surface area contributed by atoms with Crippen LogP contribution in [0.25, 0.3) is 0 Å². The van der Waals surface area contributed by atoms with Gasteiger partial charge in [-0.2, -0.15) is 0 Å². The van der Waals surface area contributed by atoms with Gasteiger partial charge in [0.2, 0.25) is 0 Å². The number of fused-ring (bicyclic) bond motifs is 1. The normalized spacial score (nSPS) is 23.2. The van der Waals surface area contributed by atoms with Gasteiger partial charge in [-0.15, -0.1) is 0 Å². The Bertz CT molecular complexity index is 481. The molecule has 1 fully saturated rings. The summed E-state index contributed by atoms with van der Waals surface area (Å²) in [7, 11) is 0. The van der Waals surface area contributed by atoms with Gasteiger partial charge in [-0.05, 0) is 43.2 Å². The molecular formula is C15H19NO2. The predicted octanol–water partition coefficient (Wildman–Crippen LogP) is 2.30. The summed E-state index contributed by atoms with van der Waals surface area (Å²) in [5.74, 6) is -0.329. The molecule has 0 spiro atoms. The molecule has 3 heteroatoms. The minimum Gasteiger partial charge on any atom is -0.480 e. The fourth-order valence-corrected chi connectivity index (χ4v) is 3.11. The molecule has 1 saturated carbocycles. The maximum atomic E-state index is 11.7. The summed E-state index contributed by atoms with van der Waals surface area (Å²) >= 11 is 0. The molecule has 1 aliphatic heterocycles. The number of rotatable bonds is 3. The number of carboxylic acids is 1. The Morgan fingerprint density at radius 2 is 2.00 bits per heavy atom. The molecule has 18 heavy (non-hydrogen) atoms.